The first-order chi connectivity index (χ1) is 9.15. The molecule has 0 amide bonds. The number of rotatable bonds is 4. The highest BCUT2D eigenvalue weighted by atomic mass is 16.5. The highest BCUT2D eigenvalue weighted by Gasteiger charge is 2.46. The maximum atomic E-state index is 11.9. The van der Waals surface area contributed by atoms with Gasteiger partial charge >= 0.3 is 5.97 Å². The Morgan fingerprint density at radius 3 is 3.00 bits per heavy atom. The van der Waals surface area contributed by atoms with Crippen molar-refractivity contribution in [3.8, 4) is 0 Å². The summed E-state index contributed by atoms with van der Waals surface area (Å²) in [6.07, 6.45) is 6.20. The van der Waals surface area contributed by atoms with Crippen LogP contribution in [0.2, 0.25) is 0 Å². The molecule has 1 saturated heterocycles. The van der Waals surface area contributed by atoms with Gasteiger partial charge in [0.05, 0.1) is 17.7 Å². The minimum absolute atomic E-state index is 0.219. The molecule has 0 bridgehead atoms. The summed E-state index contributed by atoms with van der Waals surface area (Å²) < 4.78 is 5.05. The number of carbonyl (C=O) groups excluding carboxylic acids is 1. The number of carbonyl (C=O) groups is 1. The van der Waals surface area contributed by atoms with Gasteiger partial charge in [-0.3, -0.25) is 4.90 Å². The van der Waals surface area contributed by atoms with E-state index < -0.39 is 5.54 Å². The van der Waals surface area contributed by atoms with Gasteiger partial charge in [-0.05, 0) is 45.6 Å². The summed E-state index contributed by atoms with van der Waals surface area (Å²) in [6, 6.07) is 0. The number of aliphatic hydroxyl groups excluding tert-OH is 1. The third-order valence-electron chi connectivity index (χ3n) is 4.24. The van der Waals surface area contributed by atoms with Crippen LogP contribution < -0.4 is 0 Å². The molecule has 4 heteroatoms. The number of hydrogen-bond acceptors (Lipinski definition) is 4. The lowest BCUT2D eigenvalue weighted by atomic mass is 9.77. The first kappa shape index (κ1) is 14.1. The van der Waals surface area contributed by atoms with Crippen molar-refractivity contribution in [2.24, 2.45) is 0 Å². The van der Waals surface area contributed by atoms with Gasteiger partial charge in [0.25, 0.3) is 0 Å². The highest BCUT2D eigenvalue weighted by molar-refractivity contribution is 5.89. The van der Waals surface area contributed by atoms with E-state index >= 15 is 0 Å². The van der Waals surface area contributed by atoms with Crippen LogP contribution in [0.25, 0.3) is 0 Å². The highest BCUT2D eigenvalue weighted by Crippen LogP contribution is 2.42. The molecule has 19 heavy (non-hydrogen) atoms. The van der Waals surface area contributed by atoms with Gasteiger partial charge in [-0.25, -0.2) is 4.79 Å². The zero-order valence-electron chi connectivity index (χ0n) is 11.7. The van der Waals surface area contributed by atoms with Crippen molar-refractivity contribution < 1.29 is 14.6 Å². The fourth-order valence-electron chi connectivity index (χ4n) is 3.32. The standard InChI is InChI=1S/C15H23NO3/c1-3-8-15-9-5-6-10-16(15)11-7-12(13(15)17)14(18)19-4-2/h3,17H,1,4-11H2,2H3. The van der Waals surface area contributed by atoms with Crippen molar-refractivity contribution in [1.29, 1.82) is 0 Å². The summed E-state index contributed by atoms with van der Waals surface area (Å²) in [6.45, 7) is 7.72. The van der Waals surface area contributed by atoms with Crippen LogP contribution in [-0.4, -0.2) is 41.2 Å². The Bertz CT molecular complexity index is 402. The van der Waals surface area contributed by atoms with Crippen LogP contribution >= 0.6 is 0 Å². The van der Waals surface area contributed by atoms with E-state index in [0.29, 0.717) is 25.0 Å². The summed E-state index contributed by atoms with van der Waals surface area (Å²) in [5.41, 5.74) is 0.0437. The lowest BCUT2D eigenvalue weighted by Gasteiger charge is -2.49. The summed E-state index contributed by atoms with van der Waals surface area (Å²) in [7, 11) is 0. The normalized spacial score (nSPS) is 27.8. The zero-order valence-corrected chi connectivity index (χ0v) is 11.7. The molecule has 1 atom stereocenters. The molecule has 1 unspecified atom stereocenters. The fraction of sp³-hybridized carbons (Fsp3) is 0.667. The van der Waals surface area contributed by atoms with E-state index in [9.17, 15) is 9.90 Å². The number of nitrogens with zero attached hydrogens (tertiary/aromatic N) is 1. The van der Waals surface area contributed by atoms with Crippen LogP contribution in [0.4, 0.5) is 0 Å². The fourth-order valence-corrected chi connectivity index (χ4v) is 3.32. The Hall–Kier alpha value is -1.29. The quantitative estimate of drug-likeness (QED) is 0.627. The Morgan fingerprint density at radius 1 is 1.53 bits per heavy atom. The molecule has 4 nitrogen and oxygen atoms in total. The third kappa shape index (κ3) is 2.41. The number of aliphatic hydroxyl groups is 1. The molecule has 2 rings (SSSR count). The second-order valence-electron chi connectivity index (χ2n) is 5.27. The van der Waals surface area contributed by atoms with E-state index in [1.165, 1.54) is 0 Å². The Labute approximate surface area is 114 Å². The summed E-state index contributed by atoms with van der Waals surface area (Å²) in [5.74, 6) is -0.148. The Morgan fingerprint density at radius 2 is 2.32 bits per heavy atom. The van der Waals surface area contributed by atoms with Crippen LogP contribution in [0, 0.1) is 0 Å². The van der Waals surface area contributed by atoms with Crippen LogP contribution in [0.15, 0.2) is 24.0 Å². The number of esters is 1. The topological polar surface area (TPSA) is 49.8 Å². The second kappa shape index (κ2) is 5.78. The van der Waals surface area contributed by atoms with Crippen LogP contribution in [0.3, 0.4) is 0 Å². The number of piperidine rings is 1. The van der Waals surface area contributed by atoms with Crippen molar-refractivity contribution in [2.45, 2.75) is 44.6 Å². The molecule has 0 aliphatic carbocycles. The van der Waals surface area contributed by atoms with E-state index in [4.69, 9.17) is 4.74 Å². The van der Waals surface area contributed by atoms with Crippen molar-refractivity contribution in [2.75, 3.05) is 19.7 Å². The van der Waals surface area contributed by atoms with Crippen molar-refractivity contribution in [3.05, 3.63) is 24.0 Å². The van der Waals surface area contributed by atoms with Crippen molar-refractivity contribution in [1.82, 2.24) is 4.90 Å². The largest absolute Gasteiger partial charge is 0.510 e. The van der Waals surface area contributed by atoms with Crippen LogP contribution in [0.5, 0.6) is 0 Å². The molecule has 0 saturated carbocycles. The second-order valence-corrected chi connectivity index (χ2v) is 5.27. The number of ether oxygens (including phenoxy) is 1. The van der Waals surface area contributed by atoms with Gasteiger partial charge in [-0.2, -0.15) is 0 Å². The average Bonchev–Trinajstić information content (AvgIpc) is 2.40. The SMILES string of the molecule is C=CCC12CCCCN1CCC(C(=O)OCC)=C2O. The number of fused-ring (bicyclic) bond motifs is 1. The molecule has 2 aliphatic heterocycles. The molecule has 0 aromatic carbocycles. The van der Waals surface area contributed by atoms with Gasteiger partial charge in [0, 0.05) is 6.54 Å². The first-order valence-corrected chi connectivity index (χ1v) is 7.11. The van der Waals surface area contributed by atoms with E-state index in [1.54, 1.807) is 6.92 Å². The third-order valence-corrected chi connectivity index (χ3v) is 4.24. The number of hydrogen-bond donors (Lipinski definition) is 1. The van der Waals surface area contributed by atoms with E-state index in [2.05, 4.69) is 11.5 Å². The molecule has 0 radical (unpaired) electrons. The van der Waals surface area contributed by atoms with Crippen LogP contribution in [-0.2, 0) is 9.53 Å². The van der Waals surface area contributed by atoms with Gasteiger partial charge in [0.1, 0.15) is 5.76 Å². The van der Waals surface area contributed by atoms with E-state index in [-0.39, 0.29) is 11.7 Å². The molecule has 106 valence electrons. The first-order valence-electron chi connectivity index (χ1n) is 7.11. The summed E-state index contributed by atoms with van der Waals surface area (Å²) in [5, 5.41) is 10.6. The molecule has 0 aromatic rings. The lowest BCUT2D eigenvalue weighted by Crippen LogP contribution is -2.56. The van der Waals surface area contributed by atoms with Gasteiger partial charge < -0.3 is 9.84 Å². The summed E-state index contributed by atoms with van der Waals surface area (Å²) >= 11 is 0. The lowest BCUT2D eigenvalue weighted by molar-refractivity contribution is -0.139. The van der Waals surface area contributed by atoms with Gasteiger partial charge in [-0.15, -0.1) is 6.58 Å². The molecule has 2 heterocycles. The van der Waals surface area contributed by atoms with Gasteiger partial charge in [0.15, 0.2) is 0 Å². The molecular weight excluding hydrogens is 242 g/mol. The molecule has 1 N–H and O–H groups in total. The van der Waals surface area contributed by atoms with E-state index in [1.807, 2.05) is 6.08 Å². The van der Waals surface area contributed by atoms with Crippen molar-refractivity contribution in [3.63, 3.8) is 0 Å². The molecule has 0 spiro atoms. The predicted molar refractivity (Wildman–Crippen MR) is 73.9 cm³/mol. The molecule has 2 aliphatic rings. The minimum atomic E-state index is -0.416. The zero-order chi connectivity index (χ0) is 13.9. The van der Waals surface area contributed by atoms with Gasteiger partial charge in [0.2, 0.25) is 0 Å². The van der Waals surface area contributed by atoms with Crippen LogP contribution in [0.1, 0.15) is 39.0 Å². The van der Waals surface area contributed by atoms with E-state index in [0.717, 1.165) is 32.4 Å². The van der Waals surface area contributed by atoms with Crippen molar-refractivity contribution >= 4 is 5.97 Å². The predicted octanol–water partition coefficient (Wildman–Crippen LogP) is 2.57. The molecule has 1 fully saturated rings. The average molecular weight is 265 g/mol. The monoisotopic (exact) mass is 265 g/mol. The summed E-state index contributed by atoms with van der Waals surface area (Å²) in [4.78, 5) is 14.2. The van der Waals surface area contributed by atoms with Gasteiger partial charge in [-0.1, -0.05) is 6.08 Å². The molecular formula is C15H23NO3. The maximum Gasteiger partial charge on any atom is 0.337 e. The Balaban J connectivity index is 2.36. The minimum Gasteiger partial charge on any atom is -0.510 e. The molecule has 0 aromatic heterocycles. The smallest absolute Gasteiger partial charge is 0.337 e. The maximum absolute atomic E-state index is 11.9. The Kier molecular flexibility index (Phi) is 4.30.